The molecule has 21 heavy (non-hydrogen) atoms. The maximum Gasteiger partial charge on any atom is 0.455 e. The molecule has 1 aromatic carbocycles. The Bertz CT molecular complexity index is 680. The second-order valence-electron chi connectivity index (χ2n) is 4.41. The zero-order valence-electron chi connectivity index (χ0n) is 11.3. The van der Waals surface area contributed by atoms with E-state index >= 15 is 0 Å². The van der Waals surface area contributed by atoms with Crippen LogP contribution in [0.5, 0.6) is 0 Å². The summed E-state index contributed by atoms with van der Waals surface area (Å²) in [6, 6.07) is 6.60. The molecule has 2 rings (SSSR count). The summed E-state index contributed by atoms with van der Waals surface area (Å²) in [4.78, 5) is 28.5. The van der Waals surface area contributed by atoms with E-state index in [-0.39, 0.29) is 6.42 Å². The van der Waals surface area contributed by atoms with Gasteiger partial charge in [-0.1, -0.05) is 18.2 Å². The smallest absolute Gasteiger partial charge is 0.379 e. The summed E-state index contributed by atoms with van der Waals surface area (Å²) in [5.74, 6) is -0.963. The topological polar surface area (TPSA) is 127 Å². The molecule has 2 aromatic rings. The van der Waals surface area contributed by atoms with Gasteiger partial charge in [0.15, 0.2) is 0 Å². The second-order valence-corrected chi connectivity index (χ2v) is 5.72. The number of carbonyl (C=O) groups is 1. The van der Waals surface area contributed by atoms with Crippen molar-refractivity contribution in [1.82, 2.24) is 10.5 Å². The molecule has 2 atom stereocenters. The summed E-state index contributed by atoms with van der Waals surface area (Å²) >= 11 is 0. The molecule has 0 saturated heterocycles. The first-order valence-electron chi connectivity index (χ1n) is 6.09. The summed E-state index contributed by atoms with van der Waals surface area (Å²) < 4.78 is 15.3. The quantitative estimate of drug-likeness (QED) is 0.459. The van der Waals surface area contributed by atoms with Crippen LogP contribution in [0.15, 0.2) is 30.5 Å². The third kappa shape index (κ3) is 4.13. The first kappa shape index (κ1) is 15.7. The molecule has 1 aromatic heterocycles. The zero-order valence-corrected chi connectivity index (χ0v) is 12.2. The van der Waals surface area contributed by atoms with E-state index in [1.165, 1.54) is 7.11 Å². The van der Waals surface area contributed by atoms with Crippen LogP contribution in [0.1, 0.15) is 5.56 Å². The van der Waals surface area contributed by atoms with Gasteiger partial charge in [-0.2, -0.15) is 5.48 Å². The highest BCUT2D eigenvalue weighted by molar-refractivity contribution is 7.50. The van der Waals surface area contributed by atoms with E-state index in [2.05, 4.69) is 15.0 Å². The summed E-state index contributed by atoms with van der Waals surface area (Å²) in [6.45, 7) is 0. The van der Waals surface area contributed by atoms with Crippen molar-refractivity contribution in [2.75, 3.05) is 7.11 Å². The van der Waals surface area contributed by atoms with Gasteiger partial charge in [-0.25, -0.2) is 14.9 Å². The minimum absolute atomic E-state index is 0.205. The highest BCUT2D eigenvalue weighted by Crippen LogP contribution is 2.32. The molecule has 0 amide bonds. The number of benzene rings is 1. The first-order valence-corrected chi connectivity index (χ1v) is 7.73. The minimum Gasteiger partial charge on any atom is -0.379 e. The lowest BCUT2D eigenvalue weighted by Crippen LogP contribution is -2.39. The van der Waals surface area contributed by atoms with Crippen LogP contribution in [0.2, 0.25) is 0 Å². The van der Waals surface area contributed by atoms with Gasteiger partial charge in [-0.3, -0.25) is 0 Å². The van der Waals surface area contributed by atoms with Gasteiger partial charge < -0.3 is 19.2 Å². The summed E-state index contributed by atoms with van der Waals surface area (Å²) in [7, 11) is -3.06. The first-order chi connectivity index (χ1) is 9.90. The van der Waals surface area contributed by atoms with Crippen LogP contribution >= 0.6 is 7.75 Å². The van der Waals surface area contributed by atoms with Gasteiger partial charge in [0.25, 0.3) is 0 Å². The van der Waals surface area contributed by atoms with E-state index in [1.807, 2.05) is 24.3 Å². The molecule has 0 fully saturated rings. The van der Waals surface area contributed by atoms with Crippen molar-refractivity contribution in [3.63, 3.8) is 0 Å². The van der Waals surface area contributed by atoms with Crippen molar-refractivity contribution in [2.45, 2.75) is 12.5 Å². The molecule has 0 saturated carbocycles. The molecule has 9 heteroatoms. The van der Waals surface area contributed by atoms with E-state index in [0.717, 1.165) is 16.5 Å². The van der Waals surface area contributed by atoms with Crippen molar-refractivity contribution in [2.24, 2.45) is 5.50 Å². The Morgan fingerprint density at radius 3 is 2.90 bits per heavy atom. The van der Waals surface area contributed by atoms with E-state index < -0.39 is 19.8 Å². The predicted molar refractivity (Wildman–Crippen MR) is 76.0 cm³/mol. The monoisotopic (exact) mass is 313 g/mol. The van der Waals surface area contributed by atoms with Gasteiger partial charge in [-0.05, 0) is 11.6 Å². The molecule has 0 aliphatic heterocycles. The van der Waals surface area contributed by atoms with Crippen LogP contribution in [-0.4, -0.2) is 29.0 Å². The van der Waals surface area contributed by atoms with Crippen LogP contribution in [0.3, 0.4) is 0 Å². The maximum absolute atomic E-state index is 11.8. The number of hydrogen-bond acceptors (Lipinski definition) is 5. The van der Waals surface area contributed by atoms with Crippen LogP contribution in [0.4, 0.5) is 0 Å². The zero-order chi connectivity index (χ0) is 15.5. The van der Waals surface area contributed by atoms with Crippen LogP contribution in [0.25, 0.3) is 10.9 Å². The Kier molecular flexibility index (Phi) is 4.76. The van der Waals surface area contributed by atoms with Gasteiger partial charge in [0.1, 0.15) is 6.04 Å². The Hall–Kier alpha value is -1.70. The van der Waals surface area contributed by atoms with E-state index in [9.17, 15) is 9.36 Å². The number of aromatic amines is 1. The Morgan fingerprint density at radius 1 is 1.52 bits per heavy atom. The Morgan fingerprint density at radius 2 is 2.24 bits per heavy atom. The fraction of sp³-hybridized carbons (Fsp3) is 0.250. The summed E-state index contributed by atoms with van der Waals surface area (Å²) in [5, 5.41) is 0.938. The highest BCUT2D eigenvalue weighted by atomic mass is 31.2. The molecule has 0 aliphatic carbocycles. The SMILES string of the molecule is CON[C@@H](Cc1c[nH]c2ccccc12)C(=O)OP(N)(=O)O. The molecule has 0 aliphatic rings. The lowest BCUT2D eigenvalue weighted by molar-refractivity contribution is -0.140. The highest BCUT2D eigenvalue weighted by Gasteiger charge is 2.27. The number of H-pyrrole nitrogens is 1. The van der Waals surface area contributed by atoms with Crippen molar-refractivity contribution < 1.29 is 23.6 Å². The molecular weight excluding hydrogens is 297 g/mol. The minimum atomic E-state index is -4.39. The largest absolute Gasteiger partial charge is 0.455 e. The number of hydrogen-bond donors (Lipinski definition) is 4. The standard InChI is InChI=1S/C12H16N3O5P/c1-19-15-11(12(16)20-21(13,17)18)6-8-7-14-10-5-3-2-4-9(8)10/h2-5,7,11,14-15H,6H2,1H3,(H3,13,17,18)/t11-/m0/s1. The number of carbonyl (C=O) groups excluding carboxylic acids is 1. The van der Waals surface area contributed by atoms with E-state index in [0.29, 0.717) is 0 Å². The van der Waals surface area contributed by atoms with Gasteiger partial charge in [0, 0.05) is 23.5 Å². The van der Waals surface area contributed by atoms with Gasteiger partial charge in [0.2, 0.25) is 0 Å². The number of aromatic nitrogens is 1. The Balaban J connectivity index is 2.19. The fourth-order valence-corrected chi connectivity index (χ4v) is 2.41. The van der Waals surface area contributed by atoms with E-state index in [1.54, 1.807) is 6.20 Å². The van der Waals surface area contributed by atoms with Crippen molar-refractivity contribution in [1.29, 1.82) is 0 Å². The van der Waals surface area contributed by atoms with Crippen molar-refractivity contribution in [3.8, 4) is 0 Å². The summed E-state index contributed by atoms with van der Waals surface area (Å²) in [6.07, 6.45) is 1.96. The molecule has 8 nitrogen and oxygen atoms in total. The molecule has 5 N–H and O–H groups in total. The molecule has 0 radical (unpaired) electrons. The van der Waals surface area contributed by atoms with Crippen molar-refractivity contribution in [3.05, 3.63) is 36.0 Å². The van der Waals surface area contributed by atoms with Crippen LogP contribution in [0, 0.1) is 0 Å². The normalized spacial score (nSPS) is 15.6. The molecule has 0 spiro atoms. The molecule has 1 heterocycles. The van der Waals surface area contributed by atoms with Gasteiger partial charge in [-0.15, -0.1) is 0 Å². The molecule has 0 bridgehead atoms. The fourth-order valence-electron chi connectivity index (χ4n) is 2.03. The maximum atomic E-state index is 11.8. The lowest BCUT2D eigenvalue weighted by atomic mass is 10.1. The van der Waals surface area contributed by atoms with Gasteiger partial charge >= 0.3 is 13.7 Å². The molecular formula is C12H16N3O5P. The third-order valence-corrected chi connectivity index (χ3v) is 3.31. The van der Waals surface area contributed by atoms with Crippen LogP contribution in [-0.2, 0) is 25.1 Å². The molecule has 114 valence electrons. The predicted octanol–water partition coefficient (Wildman–Crippen LogP) is 0.832. The average molecular weight is 313 g/mol. The molecule has 1 unspecified atom stereocenters. The third-order valence-electron chi connectivity index (χ3n) is 2.86. The number of nitrogens with two attached hydrogens (primary N) is 1. The summed E-state index contributed by atoms with van der Waals surface area (Å²) in [5.41, 5.74) is 9.01. The number of nitrogens with one attached hydrogen (secondary N) is 2. The number of hydroxylamine groups is 1. The van der Waals surface area contributed by atoms with E-state index in [4.69, 9.17) is 15.2 Å². The number of para-hydroxylation sites is 1. The van der Waals surface area contributed by atoms with Gasteiger partial charge in [0.05, 0.1) is 7.11 Å². The number of rotatable bonds is 6. The van der Waals surface area contributed by atoms with Crippen LogP contribution < -0.4 is 11.0 Å². The number of fused-ring (bicyclic) bond motifs is 1. The van der Waals surface area contributed by atoms with Crippen molar-refractivity contribution >= 4 is 24.6 Å². The Labute approximate surface area is 120 Å². The lowest BCUT2D eigenvalue weighted by Gasteiger charge is -2.16. The average Bonchev–Trinajstić information content (AvgIpc) is 2.80. The second kappa shape index (κ2) is 6.38.